The molecule has 6 nitrogen and oxygen atoms in total. The summed E-state index contributed by atoms with van der Waals surface area (Å²) >= 11 is 1.56. The van der Waals surface area contributed by atoms with E-state index in [-0.39, 0.29) is 17.9 Å². The highest BCUT2D eigenvalue weighted by atomic mass is 32.1. The van der Waals surface area contributed by atoms with Crippen LogP contribution >= 0.6 is 11.3 Å². The molecular weight excluding hydrogens is 408 g/mol. The first-order valence-corrected chi connectivity index (χ1v) is 11.4. The average molecular weight is 433 g/mol. The molecule has 2 amide bonds. The highest BCUT2D eigenvalue weighted by Gasteiger charge is 2.54. The SMILES string of the molecule is Cc1cccc(-c2sc(C)nc2C(=O)N2C[C@H]3C[C@H]3[C@H]2CNC(=O)c2ccccn2)c1. The molecule has 0 bridgehead atoms. The minimum Gasteiger partial charge on any atom is -0.349 e. The Morgan fingerprint density at radius 2 is 2.06 bits per heavy atom. The first-order valence-electron chi connectivity index (χ1n) is 10.6. The zero-order valence-electron chi connectivity index (χ0n) is 17.5. The molecule has 5 rings (SSSR count). The number of hydrogen-bond donors (Lipinski definition) is 1. The summed E-state index contributed by atoms with van der Waals surface area (Å²) in [6.45, 7) is 5.16. The van der Waals surface area contributed by atoms with Gasteiger partial charge in [0.2, 0.25) is 0 Å². The first-order chi connectivity index (χ1) is 15.0. The molecule has 1 N–H and O–H groups in total. The van der Waals surface area contributed by atoms with Crippen molar-refractivity contribution < 1.29 is 9.59 Å². The van der Waals surface area contributed by atoms with Crippen molar-refractivity contribution in [3.63, 3.8) is 0 Å². The molecule has 1 saturated heterocycles. The summed E-state index contributed by atoms with van der Waals surface area (Å²) in [5, 5.41) is 3.86. The van der Waals surface area contributed by atoms with E-state index >= 15 is 0 Å². The van der Waals surface area contributed by atoms with E-state index in [1.165, 1.54) is 0 Å². The second-order valence-corrected chi connectivity index (χ2v) is 9.59. The molecule has 3 aromatic rings. The molecule has 7 heteroatoms. The van der Waals surface area contributed by atoms with Gasteiger partial charge < -0.3 is 10.2 Å². The molecule has 31 heavy (non-hydrogen) atoms. The van der Waals surface area contributed by atoms with E-state index < -0.39 is 0 Å². The maximum Gasteiger partial charge on any atom is 0.274 e. The van der Waals surface area contributed by atoms with Crippen molar-refractivity contribution in [3.8, 4) is 10.4 Å². The van der Waals surface area contributed by atoms with Gasteiger partial charge in [0.15, 0.2) is 0 Å². The lowest BCUT2D eigenvalue weighted by Crippen LogP contribution is -2.45. The summed E-state index contributed by atoms with van der Waals surface area (Å²) in [4.78, 5) is 37.6. The third-order valence-corrected chi connectivity index (χ3v) is 7.17. The number of rotatable bonds is 5. The van der Waals surface area contributed by atoms with Crippen molar-refractivity contribution in [2.24, 2.45) is 11.8 Å². The quantitative estimate of drug-likeness (QED) is 0.667. The summed E-state index contributed by atoms with van der Waals surface area (Å²) < 4.78 is 0. The number of nitrogens with zero attached hydrogens (tertiary/aromatic N) is 3. The highest BCUT2D eigenvalue weighted by molar-refractivity contribution is 7.15. The van der Waals surface area contributed by atoms with Crippen molar-refractivity contribution in [3.05, 3.63) is 70.6 Å². The molecule has 0 unspecified atom stereocenters. The lowest BCUT2D eigenvalue weighted by Gasteiger charge is -2.27. The van der Waals surface area contributed by atoms with E-state index in [1.54, 1.807) is 35.7 Å². The number of carbonyl (C=O) groups is 2. The monoisotopic (exact) mass is 432 g/mol. The van der Waals surface area contributed by atoms with Gasteiger partial charge in [0.05, 0.1) is 15.9 Å². The Bertz CT molecular complexity index is 1140. The minimum atomic E-state index is -0.206. The van der Waals surface area contributed by atoms with Gasteiger partial charge >= 0.3 is 0 Å². The predicted molar refractivity (Wildman–Crippen MR) is 120 cm³/mol. The number of aryl methyl sites for hydroxylation is 2. The van der Waals surface area contributed by atoms with Crippen LogP contribution in [-0.2, 0) is 0 Å². The molecule has 1 saturated carbocycles. The van der Waals surface area contributed by atoms with Crippen LogP contribution in [0.4, 0.5) is 0 Å². The molecule has 1 aliphatic heterocycles. The van der Waals surface area contributed by atoms with Crippen LogP contribution in [0.2, 0.25) is 0 Å². The number of thiazole rings is 1. The molecule has 3 heterocycles. The van der Waals surface area contributed by atoms with E-state index in [0.717, 1.165) is 34.0 Å². The number of carbonyl (C=O) groups excluding carboxylic acids is 2. The van der Waals surface area contributed by atoms with E-state index in [0.29, 0.717) is 29.8 Å². The Morgan fingerprint density at radius 3 is 2.84 bits per heavy atom. The Balaban J connectivity index is 1.36. The van der Waals surface area contributed by atoms with Crippen LogP contribution in [0.1, 0.15) is 38.0 Å². The number of aromatic nitrogens is 2. The van der Waals surface area contributed by atoms with E-state index in [4.69, 9.17) is 0 Å². The Morgan fingerprint density at radius 1 is 1.19 bits per heavy atom. The molecular formula is C24H24N4O2S. The third kappa shape index (κ3) is 3.85. The van der Waals surface area contributed by atoms with Crippen molar-refractivity contribution in [2.45, 2.75) is 26.3 Å². The van der Waals surface area contributed by atoms with Gasteiger partial charge in [-0.25, -0.2) is 4.98 Å². The fourth-order valence-electron chi connectivity index (χ4n) is 4.54. The summed E-state index contributed by atoms with van der Waals surface area (Å²) in [6.07, 6.45) is 2.73. The summed E-state index contributed by atoms with van der Waals surface area (Å²) in [5.41, 5.74) is 3.09. The zero-order chi connectivity index (χ0) is 21.5. The van der Waals surface area contributed by atoms with Crippen LogP contribution < -0.4 is 5.32 Å². The fourth-order valence-corrected chi connectivity index (χ4v) is 5.45. The molecule has 158 valence electrons. The Labute approximate surface area is 185 Å². The number of amides is 2. The lowest BCUT2D eigenvalue weighted by molar-refractivity contribution is 0.0690. The number of benzene rings is 1. The van der Waals surface area contributed by atoms with Crippen LogP contribution in [-0.4, -0.2) is 45.8 Å². The fraction of sp³-hybridized carbons (Fsp3) is 0.333. The second kappa shape index (κ2) is 7.89. The maximum atomic E-state index is 13.6. The molecule has 2 fully saturated rings. The molecule has 2 aromatic heterocycles. The van der Waals surface area contributed by atoms with Crippen LogP contribution in [0.3, 0.4) is 0 Å². The van der Waals surface area contributed by atoms with Crippen molar-refractivity contribution >= 4 is 23.2 Å². The first kappa shape index (κ1) is 19.9. The number of pyridine rings is 1. The Hall–Kier alpha value is -3.06. The van der Waals surface area contributed by atoms with Gasteiger partial charge in [0.1, 0.15) is 11.4 Å². The number of hydrogen-bond acceptors (Lipinski definition) is 5. The zero-order valence-corrected chi connectivity index (χ0v) is 18.4. The maximum absolute atomic E-state index is 13.6. The normalized spacial score (nSPS) is 21.6. The molecule has 0 radical (unpaired) electrons. The number of fused-ring (bicyclic) bond motifs is 1. The minimum absolute atomic E-state index is 0.00229. The summed E-state index contributed by atoms with van der Waals surface area (Å²) in [7, 11) is 0. The topological polar surface area (TPSA) is 75.2 Å². The highest BCUT2D eigenvalue weighted by Crippen LogP contribution is 2.50. The van der Waals surface area contributed by atoms with Gasteiger partial charge in [-0.05, 0) is 49.8 Å². The second-order valence-electron chi connectivity index (χ2n) is 8.39. The largest absolute Gasteiger partial charge is 0.349 e. The van der Waals surface area contributed by atoms with E-state index in [2.05, 4.69) is 21.4 Å². The molecule has 2 aliphatic rings. The van der Waals surface area contributed by atoms with Crippen LogP contribution in [0.25, 0.3) is 10.4 Å². The number of piperidine rings is 1. The molecule has 1 aliphatic carbocycles. The third-order valence-electron chi connectivity index (χ3n) is 6.15. The van der Waals surface area contributed by atoms with Crippen molar-refractivity contribution in [2.75, 3.05) is 13.1 Å². The van der Waals surface area contributed by atoms with Crippen LogP contribution in [0, 0.1) is 25.7 Å². The van der Waals surface area contributed by atoms with E-state index in [1.807, 2.05) is 36.9 Å². The van der Waals surface area contributed by atoms with Gasteiger partial charge in [-0.15, -0.1) is 11.3 Å². The van der Waals surface area contributed by atoms with Crippen molar-refractivity contribution in [1.29, 1.82) is 0 Å². The number of likely N-dealkylation sites (tertiary alicyclic amines) is 1. The van der Waals surface area contributed by atoms with Gasteiger partial charge in [-0.2, -0.15) is 0 Å². The molecule has 1 aromatic carbocycles. The smallest absolute Gasteiger partial charge is 0.274 e. The van der Waals surface area contributed by atoms with Gasteiger partial charge in [0.25, 0.3) is 11.8 Å². The van der Waals surface area contributed by atoms with E-state index in [9.17, 15) is 9.59 Å². The molecule has 0 spiro atoms. The van der Waals surface area contributed by atoms with Crippen LogP contribution in [0.5, 0.6) is 0 Å². The van der Waals surface area contributed by atoms with Gasteiger partial charge in [-0.1, -0.05) is 35.9 Å². The average Bonchev–Trinajstić information content (AvgIpc) is 3.29. The standard InChI is InChI=1S/C24H24N4O2S/c1-14-6-5-7-16(10-14)22-21(27-15(2)31-22)24(30)28-13-17-11-18(17)20(28)12-26-23(29)19-8-3-4-9-25-19/h3-10,17-18,20H,11-13H2,1-2H3,(H,26,29)/t17-,18-,20-/m1/s1. The molecule has 3 atom stereocenters. The van der Waals surface area contributed by atoms with Gasteiger partial charge in [0, 0.05) is 19.3 Å². The van der Waals surface area contributed by atoms with Crippen molar-refractivity contribution in [1.82, 2.24) is 20.2 Å². The summed E-state index contributed by atoms with van der Waals surface area (Å²) in [6, 6.07) is 13.4. The van der Waals surface area contributed by atoms with Gasteiger partial charge in [-0.3, -0.25) is 14.6 Å². The lowest BCUT2D eigenvalue weighted by atomic mass is 10.1. The summed E-state index contributed by atoms with van der Waals surface area (Å²) in [5.74, 6) is 0.741. The number of nitrogens with one attached hydrogen (secondary N) is 1. The Kier molecular flexibility index (Phi) is 5.06. The van der Waals surface area contributed by atoms with Crippen LogP contribution in [0.15, 0.2) is 48.7 Å². The predicted octanol–water partition coefficient (Wildman–Crippen LogP) is 3.71.